The van der Waals surface area contributed by atoms with E-state index in [9.17, 15) is 18.0 Å². The summed E-state index contributed by atoms with van der Waals surface area (Å²) in [5.41, 5.74) is -0.225. The van der Waals surface area contributed by atoms with Gasteiger partial charge in [0.05, 0.1) is 6.54 Å². The summed E-state index contributed by atoms with van der Waals surface area (Å²) in [5.74, 6) is -0.473. The number of alkyl halides is 3. The van der Waals surface area contributed by atoms with Crippen molar-refractivity contribution in [2.75, 3.05) is 11.9 Å². The van der Waals surface area contributed by atoms with Crippen LogP contribution in [0.5, 0.6) is 0 Å². The van der Waals surface area contributed by atoms with Gasteiger partial charge < -0.3 is 5.32 Å². The molecule has 0 atom stereocenters. The van der Waals surface area contributed by atoms with Gasteiger partial charge in [0.25, 0.3) is 0 Å². The quantitative estimate of drug-likeness (QED) is 0.884. The van der Waals surface area contributed by atoms with Gasteiger partial charge >= 0.3 is 6.18 Å². The molecular formula is C13H15F3N2O. The maximum Gasteiger partial charge on any atom is 0.406 e. The Balaban J connectivity index is 1.84. The van der Waals surface area contributed by atoms with E-state index in [1.807, 2.05) is 19.1 Å². The van der Waals surface area contributed by atoms with Crippen LogP contribution in [-0.4, -0.2) is 24.2 Å². The summed E-state index contributed by atoms with van der Waals surface area (Å²) in [6.45, 7) is 1.57. The molecule has 0 bridgehead atoms. The molecule has 0 radical (unpaired) electrons. The fourth-order valence-electron chi connectivity index (χ4n) is 1.78. The van der Waals surface area contributed by atoms with Crippen LogP contribution in [0.3, 0.4) is 0 Å². The van der Waals surface area contributed by atoms with E-state index in [0.717, 1.165) is 5.56 Å². The van der Waals surface area contributed by atoms with Crippen molar-refractivity contribution in [1.29, 1.82) is 0 Å². The third-order valence-corrected chi connectivity index (χ3v) is 3.22. The summed E-state index contributed by atoms with van der Waals surface area (Å²) in [6, 6.07) is 7.07. The maximum absolute atomic E-state index is 12.6. The fourth-order valence-corrected chi connectivity index (χ4v) is 1.78. The monoisotopic (exact) mass is 272 g/mol. The normalized spacial score (nSPS) is 17.1. The third-order valence-electron chi connectivity index (χ3n) is 3.22. The summed E-state index contributed by atoms with van der Waals surface area (Å²) >= 11 is 0. The summed E-state index contributed by atoms with van der Waals surface area (Å²) in [6.07, 6.45) is -4.22. The molecule has 0 spiro atoms. The van der Waals surface area contributed by atoms with E-state index in [4.69, 9.17) is 0 Å². The standard InChI is InChI=1S/C13H15F3N2O/c1-9-2-4-10(5-3-9)18-11(19)8-17-12(6-7-12)13(14,15)16/h2-5,17H,6-8H2,1H3,(H,18,19). The Morgan fingerprint density at radius 2 is 1.84 bits per heavy atom. The zero-order valence-corrected chi connectivity index (χ0v) is 10.5. The van der Waals surface area contributed by atoms with Crippen molar-refractivity contribution in [3.63, 3.8) is 0 Å². The van der Waals surface area contributed by atoms with Crippen molar-refractivity contribution in [2.45, 2.75) is 31.5 Å². The van der Waals surface area contributed by atoms with Crippen LogP contribution in [0, 0.1) is 6.92 Å². The van der Waals surface area contributed by atoms with E-state index < -0.39 is 17.6 Å². The molecule has 0 aliphatic heterocycles. The van der Waals surface area contributed by atoms with Crippen LogP contribution in [0.25, 0.3) is 0 Å². The zero-order chi connectivity index (χ0) is 14.1. The van der Waals surface area contributed by atoms with Crippen molar-refractivity contribution >= 4 is 11.6 Å². The molecule has 1 amide bonds. The van der Waals surface area contributed by atoms with Gasteiger partial charge in [-0.3, -0.25) is 10.1 Å². The molecule has 6 heteroatoms. The number of carbonyl (C=O) groups excluding carboxylic acids is 1. The Morgan fingerprint density at radius 1 is 1.26 bits per heavy atom. The predicted octanol–water partition coefficient (Wildman–Crippen LogP) is 2.62. The Bertz CT molecular complexity index is 464. The molecule has 1 fully saturated rings. The van der Waals surface area contributed by atoms with E-state index in [2.05, 4.69) is 10.6 Å². The Hall–Kier alpha value is -1.56. The minimum atomic E-state index is -4.29. The summed E-state index contributed by atoms with van der Waals surface area (Å²) < 4.78 is 37.9. The molecular weight excluding hydrogens is 257 g/mol. The number of anilines is 1. The largest absolute Gasteiger partial charge is 0.406 e. The topological polar surface area (TPSA) is 41.1 Å². The van der Waals surface area contributed by atoms with Crippen LogP contribution < -0.4 is 10.6 Å². The average molecular weight is 272 g/mol. The summed E-state index contributed by atoms with van der Waals surface area (Å²) in [4.78, 5) is 11.6. The van der Waals surface area contributed by atoms with E-state index in [1.54, 1.807) is 12.1 Å². The smallest absolute Gasteiger partial charge is 0.325 e. The van der Waals surface area contributed by atoms with Crippen molar-refractivity contribution in [1.82, 2.24) is 5.32 Å². The molecule has 19 heavy (non-hydrogen) atoms. The molecule has 0 unspecified atom stereocenters. The van der Waals surface area contributed by atoms with E-state index >= 15 is 0 Å². The lowest BCUT2D eigenvalue weighted by Crippen LogP contribution is -2.47. The predicted molar refractivity (Wildman–Crippen MR) is 65.8 cm³/mol. The summed E-state index contributed by atoms with van der Waals surface area (Å²) in [5, 5.41) is 4.86. The minimum Gasteiger partial charge on any atom is -0.325 e. The molecule has 2 rings (SSSR count). The van der Waals surface area contributed by atoms with Gasteiger partial charge in [-0.05, 0) is 31.9 Å². The van der Waals surface area contributed by atoms with Gasteiger partial charge in [0.15, 0.2) is 0 Å². The van der Waals surface area contributed by atoms with Crippen LogP contribution in [0.4, 0.5) is 18.9 Å². The highest BCUT2D eigenvalue weighted by molar-refractivity contribution is 5.92. The Labute approximate surface area is 109 Å². The first-order chi connectivity index (χ1) is 8.82. The summed E-state index contributed by atoms with van der Waals surface area (Å²) in [7, 11) is 0. The van der Waals surface area contributed by atoms with Gasteiger partial charge in [0, 0.05) is 5.69 Å². The average Bonchev–Trinajstić information content (AvgIpc) is 3.10. The zero-order valence-electron chi connectivity index (χ0n) is 10.5. The second-order valence-corrected chi connectivity index (χ2v) is 4.85. The van der Waals surface area contributed by atoms with Gasteiger partial charge in [-0.15, -0.1) is 0 Å². The molecule has 3 nitrogen and oxygen atoms in total. The molecule has 1 saturated carbocycles. The highest BCUT2D eigenvalue weighted by Crippen LogP contribution is 2.48. The van der Waals surface area contributed by atoms with Crippen LogP contribution in [0.2, 0.25) is 0 Å². The first-order valence-electron chi connectivity index (χ1n) is 6.01. The van der Waals surface area contributed by atoms with Crippen LogP contribution in [0.15, 0.2) is 24.3 Å². The number of benzene rings is 1. The van der Waals surface area contributed by atoms with E-state index in [1.165, 1.54) is 0 Å². The molecule has 0 heterocycles. The molecule has 2 N–H and O–H groups in total. The second-order valence-electron chi connectivity index (χ2n) is 4.85. The number of rotatable bonds is 4. The third kappa shape index (κ3) is 3.26. The van der Waals surface area contributed by atoms with E-state index in [0.29, 0.717) is 5.69 Å². The Kier molecular flexibility index (Phi) is 3.54. The number of amides is 1. The molecule has 104 valence electrons. The number of halogens is 3. The molecule has 0 saturated heterocycles. The van der Waals surface area contributed by atoms with Crippen LogP contribution in [0.1, 0.15) is 18.4 Å². The van der Waals surface area contributed by atoms with Crippen LogP contribution in [-0.2, 0) is 4.79 Å². The lowest BCUT2D eigenvalue weighted by atomic mass is 10.2. The highest BCUT2D eigenvalue weighted by atomic mass is 19.4. The number of nitrogens with one attached hydrogen (secondary N) is 2. The van der Waals surface area contributed by atoms with Crippen molar-refractivity contribution in [2.24, 2.45) is 0 Å². The second kappa shape index (κ2) is 4.85. The molecule has 1 aromatic rings. The lowest BCUT2D eigenvalue weighted by Gasteiger charge is -2.20. The van der Waals surface area contributed by atoms with E-state index in [-0.39, 0.29) is 19.4 Å². The molecule has 1 aliphatic rings. The number of hydrogen-bond donors (Lipinski definition) is 2. The van der Waals surface area contributed by atoms with Crippen molar-refractivity contribution in [3.05, 3.63) is 29.8 Å². The Morgan fingerprint density at radius 3 is 2.32 bits per heavy atom. The molecule has 1 aliphatic carbocycles. The molecule has 0 aromatic heterocycles. The van der Waals surface area contributed by atoms with Gasteiger partial charge in [0.1, 0.15) is 5.54 Å². The van der Waals surface area contributed by atoms with Gasteiger partial charge in [-0.1, -0.05) is 17.7 Å². The SMILES string of the molecule is Cc1ccc(NC(=O)CNC2(C(F)(F)F)CC2)cc1. The molecule has 1 aromatic carbocycles. The van der Waals surface area contributed by atoms with Crippen LogP contribution >= 0.6 is 0 Å². The van der Waals surface area contributed by atoms with Gasteiger partial charge in [0.2, 0.25) is 5.91 Å². The van der Waals surface area contributed by atoms with Gasteiger partial charge in [-0.2, -0.15) is 13.2 Å². The number of carbonyl (C=O) groups is 1. The highest BCUT2D eigenvalue weighted by Gasteiger charge is 2.63. The first kappa shape index (κ1) is 13.9. The number of aryl methyl sites for hydroxylation is 1. The lowest BCUT2D eigenvalue weighted by molar-refractivity contribution is -0.165. The van der Waals surface area contributed by atoms with Gasteiger partial charge in [-0.25, -0.2) is 0 Å². The van der Waals surface area contributed by atoms with Crippen molar-refractivity contribution in [3.8, 4) is 0 Å². The minimum absolute atomic E-state index is 0.0360. The van der Waals surface area contributed by atoms with Crippen molar-refractivity contribution < 1.29 is 18.0 Å². The number of hydrogen-bond acceptors (Lipinski definition) is 2. The first-order valence-corrected chi connectivity index (χ1v) is 6.01. The fraction of sp³-hybridized carbons (Fsp3) is 0.462. The maximum atomic E-state index is 12.6.